The van der Waals surface area contributed by atoms with Crippen LogP contribution in [0.1, 0.15) is 19.3 Å². The molecule has 24 heavy (non-hydrogen) atoms. The van der Waals surface area contributed by atoms with E-state index in [0.29, 0.717) is 24.5 Å². The zero-order valence-electron chi connectivity index (χ0n) is 13.6. The van der Waals surface area contributed by atoms with E-state index in [-0.39, 0.29) is 5.54 Å². The van der Waals surface area contributed by atoms with Gasteiger partial charge in [-0.3, -0.25) is 5.32 Å². The molecule has 2 aromatic rings. The van der Waals surface area contributed by atoms with Crippen LogP contribution in [0.25, 0.3) is 10.9 Å². The van der Waals surface area contributed by atoms with Crippen molar-refractivity contribution in [3.8, 4) is 0 Å². The molecule has 1 atom stereocenters. The molecule has 1 aromatic carbocycles. The van der Waals surface area contributed by atoms with Crippen molar-refractivity contribution in [1.82, 2.24) is 14.9 Å². The molecule has 5 heterocycles. The molecular formula is C18H21N5O. The van der Waals surface area contributed by atoms with E-state index in [9.17, 15) is 0 Å². The van der Waals surface area contributed by atoms with E-state index in [1.165, 1.54) is 25.9 Å². The van der Waals surface area contributed by atoms with Gasteiger partial charge < -0.3 is 9.64 Å². The molecule has 0 amide bonds. The van der Waals surface area contributed by atoms with Gasteiger partial charge in [0.15, 0.2) is 0 Å². The Morgan fingerprint density at radius 3 is 2.92 bits per heavy atom. The summed E-state index contributed by atoms with van der Waals surface area (Å²) in [5.41, 5.74) is 0.942. The summed E-state index contributed by atoms with van der Waals surface area (Å²) in [5.74, 6) is 1.23. The number of hydrogen-bond donors (Lipinski definition) is 1. The molecule has 6 nitrogen and oxygen atoms in total. The molecule has 1 N–H and O–H groups in total. The van der Waals surface area contributed by atoms with Gasteiger partial charge >= 0.3 is 0 Å². The first-order valence-electron chi connectivity index (χ1n) is 8.75. The van der Waals surface area contributed by atoms with Crippen molar-refractivity contribution in [3.05, 3.63) is 30.5 Å². The third-order valence-corrected chi connectivity index (χ3v) is 5.65. The van der Waals surface area contributed by atoms with Gasteiger partial charge in [-0.25, -0.2) is 15.0 Å². The molecular weight excluding hydrogens is 302 g/mol. The molecule has 0 saturated carbocycles. The van der Waals surface area contributed by atoms with E-state index in [1.807, 2.05) is 30.5 Å². The lowest BCUT2D eigenvalue weighted by Gasteiger charge is -2.52. The first kappa shape index (κ1) is 14.2. The summed E-state index contributed by atoms with van der Waals surface area (Å²) < 4.78 is 5.77. The van der Waals surface area contributed by atoms with E-state index >= 15 is 0 Å². The smallest absolute Gasteiger partial charge is 0.292 e. The zero-order chi connectivity index (χ0) is 16.0. The fourth-order valence-corrected chi connectivity index (χ4v) is 4.36. The zero-order valence-corrected chi connectivity index (χ0v) is 13.6. The van der Waals surface area contributed by atoms with E-state index in [1.54, 1.807) is 0 Å². The summed E-state index contributed by atoms with van der Waals surface area (Å²) in [6, 6.07) is 8.54. The molecule has 4 aliphatic rings. The Morgan fingerprint density at radius 1 is 1.21 bits per heavy atom. The molecule has 1 aromatic heterocycles. The van der Waals surface area contributed by atoms with Gasteiger partial charge in [-0.15, -0.1) is 0 Å². The van der Waals surface area contributed by atoms with Gasteiger partial charge in [0.1, 0.15) is 0 Å². The van der Waals surface area contributed by atoms with Crippen LogP contribution in [0.2, 0.25) is 0 Å². The van der Waals surface area contributed by atoms with Crippen LogP contribution in [0.3, 0.4) is 0 Å². The minimum Gasteiger partial charge on any atom is -0.465 e. The van der Waals surface area contributed by atoms with Gasteiger partial charge in [-0.2, -0.15) is 0 Å². The molecule has 2 bridgehead atoms. The molecule has 0 radical (unpaired) electrons. The topological polar surface area (TPSA) is 62.6 Å². The van der Waals surface area contributed by atoms with Crippen molar-refractivity contribution in [1.29, 1.82) is 0 Å². The lowest BCUT2D eigenvalue weighted by atomic mass is 9.71. The number of para-hydroxylation sites is 1. The molecule has 6 rings (SSSR count). The van der Waals surface area contributed by atoms with E-state index in [4.69, 9.17) is 9.73 Å². The van der Waals surface area contributed by atoms with Crippen molar-refractivity contribution in [2.75, 3.05) is 31.6 Å². The fraction of sp³-hybridized carbons (Fsp3) is 0.500. The second-order valence-electron chi connectivity index (χ2n) is 7.05. The lowest BCUT2D eigenvalue weighted by Crippen LogP contribution is -2.60. The number of hydrogen-bond acceptors (Lipinski definition) is 6. The van der Waals surface area contributed by atoms with Crippen LogP contribution in [0.15, 0.2) is 35.5 Å². The number of aromatic nitrogens is 2. The third kappa shape index (κ3) is 2.33. The highest BCUT2D eigenvalue weighted by molar-refractivity contribution is 5.89. The number of fused-ring (bicyclic) bond motifs is 3. The number of aliphatic imine (C=N–C) groups is 1. The maximum atomic E-state index is 5.77. The van der Waals surface area contributed by atoms with Crippen LogP contribution in [-0.4, -0.2) is 52.7 Å². The number of anilines is 1. The van der Waals surface area contributed by atoms with E-state index in [0.717, 1.165) is 23.9 Å². The Bertz CT molecular complexity index is 799. The summed E-state index contributed by atoms with van der Waals surface area (Å²) in [5, 5.41) is 4.22. The van der Waals surface area contributed by atoms with Gasteiger partial charge in [-0.1, -0.05) is 18.2 Å². The fourth-order valence-electron chi connectivity index (χ4n) is 4.36. The number of amidine groups is 1. The normalized spacial score (nSPS) is 31.8. The Balaban J connectivity index is 1.43. The summed E-state index contributed by atoms with van der Waals surface area (Å²) in [6.45, 7) is 4.22. The second kappa shape index (κ2) is 5.41. The lowest BCUT2D eigenvalue weighted by molar-refractivity contribution is 0.00806. The Labute approximate surface area is 141 Å². The summed E-state index contributed by atoms with van der Waals surface area (Å²) in [6.07, 6.45) is 5.35. The quantitative estimate of drug-likeness (QED) is 0.872. The van der Waals surface area contributed by atoms with Crippen LogP contribution in [0.4, 0.5) is 5.95 Å². The van der Waals surface area contributed by atoms with Gasteiger partial charge in [0.05, 0.1) is 17.7 Å². The molecule has 3 saturated heterocycles. The predicted octanol–water partition coefficient (Wildman–Crippen LogP) is 2.28. The van der Waals surface area contributed by atoms with Gasteiger partial charge in [-0.05, 0) is 37.9 Å². The average molecular weight is 323 g/mol. The van der Waals surface area contributed by atoms with E-state index in [2.05, 4.69) is 20.2 Å². The number of ether oxygens (including phenoxy) is 1. The number of rotatable bonds is 1. The first-order valence-corrected chi connectivity index (χ1v) is 8.75. The third-order valence-electron chi connectivity index (χ3n) is 5.65. The number of piperidine rings is 3. The largest absolute Gasteiger partial charge is 0.465 e. The van der Waals surface area contributed by atoms with Crippen molar-refractivity contribution in [2.45, 2.75) is 24.8 Å². The average Bonchev–Trinajstić information content (AvgIpc) is 2.62. The Hall–Kier alpha value is -2.21. The van der Waals surface area contributed by atoms with Crippen molar-refractivity contribution >= 4 is 22.9 Å². The molecule has 6 heteroatoms. The van der Waals surface area contributed by atoms with Crippen molar-refractivity contribution in [2.24, 2.45) is 10.9 Å². The van der Waals surface area contributed by atoms with Crippen molar-refractivity contribution in [3.63, 3.8) is 0 Å². The highest BCUT2D eigenvalue weighted by Gasteiger charge is 2.48. The summed E-state index contributed by atoms with van der Waals surface area (Å²) in [4.78, 5) is 16.5. The maximum Gasteiger partial charge on any atom is 0.292 e. The highest BCUT2D eigenvalue weighted by Crippen LogP contribution is 2.42. The van der Waals surface area contributed by atoms with E-state index < -0.39 is 0 Å². The second-order valence-corrected chi connectivity index (χ2v) is 7.05. The molecule has 124 valence electrons. The SMILES string of the molecule is c1ccc2nc(NC3=NC4(CCO3)CN3CCC4CC3)ncc2c1. The molecule has 3 fully saturated rings. The van der Waals surface area contributed by atoms with Crippen LogP contribution in [-0.2, 0) is 4.74 Å². The van der Waals surface area contributed by atoms with Crippen LogP contribution in [0, 0.1) is 5.92 Å². The Morgan fingerprint density at radius 2 is 2.08 bits per heavy atom. The summed E-state index contributed by atoms with van der Waals surface area (Å²) in [7, 11) is 0. The monoisotopic (exact) mass is 323 g/mol. The highest BCUT2D eigenvalue weighted by atomic mass is 16.5. The standard InChI is InChI=1S/C18H21N5O/c1-2-4-15-13(3-1)11-19-16(20-15)21-17-22-18(7-10-24-17)12-23-8-5-14(18)6-9-23/h1-4,11,14H,5-10,12H2,(H,19,20,21,22). The van der Waals surface area contributed by atoms with Gasteiger partial charge in [0.25, 0.3) is 6.02 Å². The summed E-state index contributed by atoms with van der Waals surface area (Å²) >= 11 is 0. The minimum absolute atomic E-state index is 0.0218. The molecule has 1 spiro atoms. The van der Waals surface area contributed by atoms with Gasteiger partial charge in [0, 0.05) is 24.5 Å². The number of nitrogens with one attached hydrogen (secondary N) is 1. The van der Waals surface area contributed by atoms with Gasteiger partial charge in [0.2, 0.25) is 5.95 Å². The van der Waals surface area contributed by atoms with Crippen LogP contribution < -0.4 is 5.32 Å². The Kier molecular flexibility index (Phi) is 3.19. The minimum atomic E-state index is 0.0218. The maximum absolute atomic E-state index is 5.77. The molecule has 1 unspecified atom stereocenters. The molecule has 0 aliphatic carbocycles. The first-order chi connectivity index (χ1) is 11.8. The number of benzene rings is 1. The molecule has 4 aliphatic heterocycles. The number of nitrogens with zero attached hydrogens (tertiary/aromatic N) is 4. The van der Waals surface area contributed by atoms with Crippen LogP contribution >= 0.6 is 0 Å². The van der Waals surface area contributed by atoms with Crippen LogP contribution in [0.5, 0.6) is 0 Å². The predicted molar refractivity (Wildman–Crippen MR) is 93.1 cm³/mol. The van der Waals surface area contributed by atoms with Crippen molar-refractivity contribution < 1.29 is 4.74 Å².